The maximum absolute atomic E-state index is 12.9. The molecule has 124 valence electrons. The summed E-state index contributed by atoms with van der Waals surface area (Å²) >= 11 is 0. The van der Waals surface area contributed by atoms with Crippen molar-refractivity contribution in [3.05, 3.63) is 23.3 Å². The lowest BCUT2D eigenvalue weighted by Gasteiger charge is -2.32. The predicted octanol–water partition coefficient (Wildman–Crippen LogP) is 1.93. The number of morpholine rings is 1. The fourth-order valence-electron chi connectivity index (χ4n) is 3.64. The summed E-state index contributed by atoms with van der Waals surface area (Å²) in [5.74, 6) is 1.86. The van der Waals surface area contributed by atoms with Crippen LogP contribution in [-0.2, 0) is 11.2 Å². The third-order valence-corrected chi connectivity index (χ3v) is 4.95. The van der Waals surface area contributed by atoms with Gasteiger partial charge in [-0.1, -0.05) is 0 Å². The molecule has 1 aliphatic carbocycles. The van der Waals surface area contributed by atoms with Crippen molar-refractivity contribution in [2.24, 2.45) is 5.92 Å². The highest BCUT2D eigenvalue weighted by Gasteiger charge is 2.31. The zero-order valence-electron chi connectivity index (χ0n) is 13.4. The molecular weight excluding hydrogens is 294 g/mol. The first-order valence-corrected chi connectivity index (χ1v) is 8.58. The van der Waals surface area contributed by atoms with Gasteiger partial charge in [0.05, 0.1) is 26.4 Å². The van der Waals surface area contributed by atoms with E-state index in [0.29, 0.717) is 13.2 Å². The van der Waals surface area contributed by atoms with E-state index in [2.05, 4.69) is 4.90 Å². The molecular formula is C18H23NO4. The molecule has 23 heavy (non-hydrogen) atoms. The topological polar surface area (TPSA) is 48.0 Å². The van der Waals surface area contributed by atoms with Crippen molar-refractivity contribution in [2.75, 3.05) is 46.1 Å². The van der Waals surface area contributed by atoms with Crippen LogP contribution in [0.5, 0.6) is 11.5 Å². The Balaban J connectivity index is 1.54. The van der Waals surface area contributed by atoms with E-state index in [1.54, 1.807) is 0 Å². The summed E-state index contributed by atoms with van der Waals surface area (Å²) in [4.78, 5) is 15.3. The maximum atomic E-state index is 12.9. The molecule has 0 N–H and O–H groups in total. The molecule has 0 spiro atoms. The van der Waals surface area contributed by atoms with E-state index in [9.17, 15) is 4.79 Å². The van der Waals surface area contributed by atoms with E-state index in [4.69, 9.17) is 14.2 Å². The number of ether oxygens (including phenoxy) is 3. The highest BCUT2D eigenvalue weighted by molar-refractivity contribution is 6.01. The summed E-state index contributed by atoms with van der Waals surface area (Å²) in [7, 11) is 0. The molecule has 0 aromatic heterocycles. The smallest absolute Gasteiger partial charge is 0.167 e. The summed E-state index contributed by atoms with van der Waals surface area (Å²) < 4.78 is 16.9. The van der Waals surface area contributed by atoms with Crippen LogP contribution in [0.3, 0.4) is 0 Å². The van der Waals surface area contributed by atoms with E-state index < -0.39 is 0 Å². The van der Waals surface area contributed by atoms with Crippen molar-refractivity contribution in [1.29, 1.82) is 0 Å². The Morgan fingerprint density at radius 1 is 1.04 bits per heavy atom. The number of hydrogen-bond donors (Lipinski definition) is 0. The average Bonchev–Trinajstić information content (AvgIpc) is 2.82. The summed E-state index contributed by atoms with van der Waals surface area (Å²) in [5, 5.41) is 0. The van der Waals surface area contributed by atoms with Crippen molar-refractivity contribution in [3.8, 4) is 11.5 Å². The first-order valence-electron chi connectivity index (χ1n) is 8.58. The van der Waals surface area contributed by atoms with Gasteiger partial charge >= 0.3 is 0 Å². The maximum Gasteiger partial charge on any atom is 0.167 e. The Bertz CT molecular complexity index is 595. The quantitative estimate of drug-likeness (QED) is 0.834. The molecule has 0 saturated carbocycles. The van der Waals surface area contributed by atoms with Crippen molar-refractivity contribution >= 4 is 5.78 Å². The van der Waals surface area contributed by atoms with Gasteiger partial charge in [0.1, 0.15) is 0 Å². The van der Waals surface area contributed by atoms with Gasteiger partial charge in [0.15, 0.2) is 17.3 Å². The predicted molar refractivity (Wildman–Crippen MR) is 85.4 cm³/mol. The van der Waals surface area contributed by atoms with E-state index in [-0.39, 0.29) is 11.7 Å². The lowest BCUT2D eigenvalue weighted by molar-refractivity contribution is 0.0291. The molecule has 0 bridgehead atoms. The minimum atomic E-state index is 0.0883. The molecule has 5 nitrogen and oxygen atoms in total. The number of aryl methyl sites for hydroxylation is 1. The van der Waals surface area contributed by atoms with Crippen molar-refractivity contribution in [3.63, 3.8) is 0 Å². The second kappa shape index (κ2) is 6.49. The molecule has 3 aliphatic rings. The number of carbonyl (C=O) groups excluding carboxylic acids is 1. The molecule has 2 aliphatic heterocycles. The van der Waals surface area contributed by atoms with Crippen LogP contribution in [-0.4, -0.2) is 56.7 Å². The molecule has 1 aromatic rings. The number of fused-ring (bicyclic) bond motifs is 2. The highest BCUT2D eigenvalue weighted by Crippen LogP contribution is 2.37. The number of nitrogens with zero attached hydrogens (tertiary/aromatic N) is 1. The first-order chi connectivity index (χ1) is 11.3. The van der Waals surface area contributed by atoms with E-state index in [1.807, 2.05) is 12.1 Å². The fourth-order valence-corrected chi connectivity index (χ4v) is 3.64. The number of ketones is 1. The van der Waals surface area contributed by atoms with E-state index >= 15 is 0 Å². The Morgan fingerprint density at radius 3 is 2.57 bits per heavy atom. The van der Waals surface area contributed by atoms with Gasteiger partial charge in [0.25, 0.3) is 0 Å². The SMILES string of the molecule is O=C1c2cc3c(cc2CC[C@H]1CN1CCOCC1)OCCCO3. The van der Waals surface area contributed by atoms with Crippen LogP contribution in [0.1, 0.15) is 28.8 Å². The Kier molecular flexibility index (Phi) is 4.23. The van der Waals surface area contributed by atoms with Gasteiger partial charge in [0.2, 0.25) is 0 Å². The largest absolute Gasteiger partial charge is 0.490 e. The van der Waals surface area contributed by atoms with Gasteiger partial charge in [-0.05, 0) is 30.5 Å². The van der Waals surface area contributed by atoms with Gasteiger partial charge < -0.3 is 14.2 Å². The van der Waals surface area contributed by atoms with Crippen LogP contribution in [0.2, 0.25) is 0 Å². The first kappa shape index (κ1) is 15.0. The zero-order valence-corrected chi connectivity index (χ0v) is 13.4. The minimum Gasteiger partial charge on any atom is -0.490 e. The van der Waals surface area contributed by atoms with Crippen LogP contribution in [0, 0.1) is 5.92 Å². The minimum absolute atomic E-state index is 0.0883. The number of Topliss-reactive ketones (excluding diaryl/α,β-unsaturated/α-hetero) is 1. The van der Waals surface area contributed by atoms with Crippen molar-refractivity contribution in [2.45, 2.75) is 19.3 Å². The van der Waals surface area contributed by atoms with Crippen LogP contribution < -0.4 is 9.47 Å². The van der Waals surface area contributed by atoms with Gasteiger partial charge in [-0.3, -0.25) is 9.69 Å². The molecule has 5 heteroatoms. The van der Waals surface area contributed by atoms with Crippen LogP contribution in [0.4, 0.5) is 0 Å². The zero-order chi connectivity index (χ0) is 15.6. The molecule has 0 amide bonds. The van der Waals surface area contributed by atoms with Gasteiger partial charge in [-0.2, -0.15) is 0 Å². The molecule has 0 unspecified atom stereocenters. The molecule has 1 aromatic carbocycles. The molecule has 1 saturated heterocycles. The van der Waals surface area contributed by atoms with Crippen molar-refractivity contribution < 1.29 is 19.0 Å². The monoisotopic (exact) mass is 317 g/mol. The summed E-state index contributed by atoms with van der Waals surface area (Å²) in [6.07, 6.45) is 2.74. The Hall–Kier alpha value is -1.59. The third-order valence-electron chi connectivity index (χ3n) is 4.95. The molecule has 1 fully saturated rings. The fraction of sp³-hybridized carbons (Fsp3) is 0.611. The van der Waals surface area contributed by atoms with Crippen molar-refractivity contribution in [1.82, 2.24) is 4.90 Å². The summed E-state index contributed by atoms with van der Waals surface area (Å²) in [6, 6.07) is 3.92. The van der Waals surface area contributed by atoms with Crippen LogP contribution in [0.25, 0.3) is 0 Å². The normalized spacial score (nSPS) is 24.9. The Labute approximate surface area is 136 Å². The standard InChI is InChI=1S/C18H23NO4/c20-18-14(12-19-4-8-21-9-5-19)3-2-13-10-16-17(11-15(13)18)23-7-1-6-22-16/h10-11,14H,1-9,12H2/t14-/m0/s1. The summed E-state index contributed by atoms with van der Waals surface area (Å²) in [6.45, 7) is 5.58. The van der Waals surface area contributed by atoms with Crippen LogP contribution in [0.15, 0.2) is 12.1 Å². The van der Waals surface area contributed by atoms with Crippen LogP contribution >= 0.6 is 0 Å². The Morgan fingerprint density at radius 2 is 1.78 bits per heavy atom. The molecule has 2 heterocycles. The number of benzene rings is 1. The number of carbonyl (C=O) groups is 1. The summed E-state index contributed by atoms with van der Waals surface area (Å²) in [5.41, 5.74) is 1.94. The lowest BCUT2D eigenvalue weighted by atomic mass is 9.82. The molecule has 4 rings (SSSR count). The second-order valence-electron chi connectivity index (χ2n) is 6.52. The highest BCUT2D eigenvalue weighted by atomic mass is 16.5. The number of hydrogen-bond acceptors (Lipinski definition) is 5. The average molecular weight is 317 g/mol. The number of rotatable bonds is 2. The third kappa shape index (κ3) is 3.08. The molecule has 0 radical (unpaired) electrons. The van der Waals surface area contributed by atoms with E-state index in [1.165, 1.54) is 0 Å². The second-order valence-corrected chi connectivity index (χ2v) is 6.52. The lowest BCUT2D eigenvalue weighted by Crippen LogP contribution is -2.42. The van der Waals surface area contributed by atoms with Gasteiger partial charge in [0, 0.05) is 37.5 Å². The molecule has 1 atom stereocenters. The van der Waals surface area contributed by atoms with E-state index in [0.717, 1.165) is 74.7 Å². The van der Waals surface area contributed by atoms with Gasteiger partial charge in [-0.25, -0.2) is 0 Å². The van der Waals surface area contributed by atoms with Gasteiger partial charge in [-0.15, -0.1) is 0 Å².